The summed E-state index contributed by atoms with van der Waals surface area (Å²) in [5, 5.41) is 1.30. The van der Waals surface area contributed by atoms with Crippen LogP contribution in [0.25, 0.3) is 10.9 Å². The predicted molar refractivity (Wildman–Crippen MR) is 55.7 cm³/mol. The monoisotopic (exact) mass is 208 g/mol. The Morgan fingerprint density at radius 2 is 2.29 bits per heavy atom. The smallest absolute Gasteiger partial charge is 0.180 e. The van der Waals surface area contributed by atoms with Gasteiger partial charge >= 0.3 is 0 Å². The molecule has 0 bridgehead atoms. The molecule has 0 radical (unpaired) electrons. The van der Waals surface area contributed by atoms with Crippen LogP contribution in [0, 0.1) is 0 Å². The van der Waals surface area contributed by atoms with Gasteiger partial charge in [-0.15, -0.1) is 0 Å². The summed E-state index contributed by atoms with van der Waals surface area (Å²) >= 11 is 5.80. The lowest BCUT2D eigenvalue weighted by Gasteiger charge is -2.02. The zero-order valence-electron chi connectivity index (χ0n) is 7.91. The second-order valence-electron chi connectivity index (χ2n) is 3.21. The standard InChI is InChI=1S/C10H9ClN2O/c1-6(14)9-10-7(3-4-13(10)2)5-8(11)12-9/h3-5H,1-2H3. The van der Waals surface area contributed by atoms with Gasteiger partial charge in [0.25, 0.3) is 0 Å². The lowest BCUT2D eigenvalue weighted by atomic mass is 10.2. The molecule has 0 unspecified atom stereocenters. The topological polar surface area (TPSA) is 34.9 Å². The highest BCUT2D eigenvalue weighted by Gasteiger charge is 2.11. The van der Waals surface area contributed by atoms with Gasteiger partial charge in [0.2, 0.25) is 0 Å². The van der Waals surface area contributed by atoms with Crippen molar-refractivity contribution in [2.24, 2.45) is 7.05 Å². The van der Waals surface area contributed by atoms with Crippen LogP contribution in [0.2, 0.25) is 5.15 Å². The first-order valence-corrected chi connectivity index (χ1v) is 4.60. The van der Waals surface area contributed by atoms with E-state index in [9.17, 15) is 4.79 Å². The average molecular weight is 209 g/mol. The summed E-state index contributed by atoms with van der Waals surface area (Å²) in [5.74, 6) is -0.0701. The van der Waals surface area contributed by atoms with Crippen LogP contribution in [-0.2, 0) is 7.05 Å². The summed E-state index contributed by atoms with van der Waals surface area (Å²) in [6, 6.07) is 3.67. The Morgan fingerprint density at radius 1 is 1.57 bits per heavy atom. The number of ketones is 1. The van der Waals surface area contributed by atoms with Crippen LogP contribution in [0.15, 0.2) is 18.3 Å². The number of pyridine rings is 1. The van der Waals surface area contributed by atoms with Gasteiger partial charge in [-0.05, 0) is 12.1 Å². The molecule has 0 fully saturated rings. The third-order valence-corrected chi connectivity index (χ3v) is 2.35. The largest absolute Gasteiger partial charge is 0.349 e. The maximum atomic E-state index is 11.3. The molecule has 0 aliphatic carbocycles. The molecule has 4 heteroatoms. The fraction of sp³-hybridized carbons (Fsp3) is 0.200. The zero-order chi connectivity index (χ0) is 10.3. The van der Waals surface area contributed by atoms with Crippen molar-refractivity contribution in [1.29, 1.82) is 0 Å². The second-order valence-corrected chi connectivity index (χ2v) is 3.60. The van der Waals surface area contributed by atoms with Crippen LogP contribution < -0.4 is 0 Å². The minimum absolute atomic E-state index is 0.0701. The van der Waals surface area contributed by atoms with E-state index in [2.05, 4.69) is 4.98 Å². The van der Waals surface area contributed by atoms with Gasteiger partial charge in [0.1, 0.15) is 10.8 Å². The Hall–Kier alpha value is -1.35. The molecule has 0 spiro atoms. The Bertz CT molecular complexity index is 516. The van der Waals surface area contributed by atoms with Gasteiger partial charge in [-0.1, -0.05) is 11.6 Å². The van der Waals surface area contributed by atoms with Crippen LogP contribution in [0.1, 0.15) is 17.4 Å². The van der Waals surface area contributed by atoms with Crippen LogP contribution in [-0.4, -0.2) is 15.3 Å². The van der Waals surface area contributed by atoms with E-state index >= 15 is 0 Å². The third kappa shape index (κ3) is 1.30. The highest BCUT2D eigenvalue weighted by atomic mass is 35.5. The van der Waals surface area contributed by atoms with Crippen molar-refractivity contribution < 1.29 is 4.79 Å². The highest BCUT2D eigenvalue weighted by molar-refractivity contribution is 6.30. The Balaban J connectivity index is 2.90. The highest BCUT2D eigenvalue weighted by Crippen LogP contribution is 2.21. The number of Topliss-reactive ketones (excluding diaryl/α,β-unsaturated/α-hetero) is 1. The van der Waals surface area contributed by atoms with Crippen molar-refractivity contribution in [2.75, 3.05) is 0 Å². The number of nitrogens with zero attached hydrogens (tertiary/aromatic N) is 2. The molecule has 0 saturated heterocycles. The number of halogens is 1. The minimum atomic E-state index is -0.0701. The summed E-state index contributed by atoms with van der Waals surface area (Å²) in [4.78, 5) is 15.4. The van der Waals surface area contributed by atoms with Gasteiger partial charge in [-0.2, -0.15) is 0 Å². The maximum Gasteiger partial charge on any atom is 0.180 e. The average Bonchev–Trinajstić information content (AvgIpc) is 2.46. The molecule has 2 heterocycles. The number of hydrogen-bond acceptors (Lipinski definition) is 2. The number of aryl methyl sites for hydroxylation is 1. The molecule has 2 rings (SSSR count). The lowest BCUT2D eigenvalue weighted by molar-refractivity contribution is 0.101. The van der Waals surface area contributed by atoms with Gasteiger partial charge in [-0.25, -0.2) is 4.98 Å². The number of carbonyl (C=O) groups is 1. The van der Waals surface area contributed by atoms with E-state index in [1.165, 1.54) is 6.92 Å². The molecule has 0 aliphatic heterocycles. The van der Waals surface area contributed by atoms with E-state index in [0.717, 1.165) is 10.9 Å². The predicted octanol–water partition coefficient (Wildman–Crippen LogP) is 2.43. The molecule has 3 nitrogen and oxygen atoms in total. The summed E-state index contributed by atoms with van der Waals surface area (Å²) in [6.07, 6.45) is 1.88. The SMILES string of the molecule is CC(=O)c1nc(Cl)cc2ccn(C)c12. The fourth-order valence-electron chi connectivity index (χ4n) is 1.54. The van der Waals surface area contributed by atoms with Gasteiger partial charge in [-0.3, -0.25) is 4.79 Å². The van der Waals surface area contributed by atoms with Crippen LogP contribution >= 0.6 is 11.6 Å². The van der Waals surface area contributed by atoms with Crippen molar-refractivity contribution in [3.05, 3.63) is 29.2 Å². The number of fused-ring (bicyclic) bond motifs is 1. The molecule has 0 N–H and O–H groups in total. The van der Waals surface area contributed by atoms with Crippen LogP contribution in [0.4, 0.5) is 0 Å². The van der Waals surface area contributed by atoms with Crippen molar-refractivity contribution in [2.45, 2.75) is 6.92 Å². The van der Waals surface area contributed by atoms with E-state index in [1.54, 1.807) is 6.07 Å². The van der Waals surface area contributed by atoms with Crippen molar-refractivity contribution in [3.8, 4) is 0 Å². The summed E-state index contributed by atoms with van der Waals surface area (Å²) in [5.41, 5.74) is 1.27. The van der Waals surface area contributed by atoms with Gasteiger partial charge < -0.3 is 4.57 Å². The number of aromatic nitrogens is 2. The molecule has 0 aliphatic rings. The van der Waals surface area contributed by atoms with E-state index < -0.39 is 0 Å². The Morgan fingerprint density at radius 3 is 2.93 bits per heavy atom. The minimum Gasteiger partial charge on any atom is -0.349 e. The fourth-order valence-corrected chi connectivity index (χ4v) is 1.74. The molecular formula is C10H9ClN2O. The molecule has 2 aromatic heterocycles. The van der Waals surface area contributed by atoms with Gasteiger partial charge in [0.05, 0.1) is 5.52 Å². The van der Waals surface area contributed by atoms with E-state index in [0.29, 0.717) is 10.8 Å². The number of rotatable bonds is 1. The van der Waals surface area contributed by atoms with Gasteiger partial charge in [0.15, 0.2) is 5.78 Å². The molecule has 0 atom stereocenters. The molecular weight excluding hydrogens is 200 g/mol. The van der Waals surface area contributed by atoms with Crippen LogP contribution in [0.5, 0.6) is 0 Å². The molecule has 2 aromatic rings. The van der Waals surface area contributed by atoms with E-state index in [4.69, 9.17) is 11.6 Å². The summed E-state index contributed by atoms with van der Waals surface area (Å²) < 4.78 is 1.87. The van der Waals surface area contributed by atoms with Crippen LogP contribution in [0.3, 0.4) is 0 Å². The Labute approximate surface area is 86.3 Å². The maximum absolute atomic E-state index is 11.3. The first-order valence-electron chi connectivity index (χ1n) is 4.22. The molecule has 14 heavy (non-hydrogen) atoms. The van der Waals surface area contributed by atoms with Gasteiger partial charge in [0, 0.05) is 25.6 Å². The first-order chi connectivity index (χ1) is 6.59. The second kappa shape index (κ2) is 3.10. The van der Waals surface area contributed by atoms with E-state index in [-0.39, 0.29) is 5.78 Å². The molecule has 72 valence electrons. The summed E-state index contributed by atoms with van der Waals surface area (Å²) in [6.45, 7) is 1.49. The quantitative estimate of drug-likeness (QED) is 0.533. The summed E-state index contributed by atoms with van der Waals surface area (Å²) in [7, 11) is 1.88. The van der Waals surface area contributed by atoms with E-state index in [1.807, 2.05) is 23.9 Å². The third-order valence-electron chi connectivity index (χ3n) is 2.15. The normalized spacial score (nSPS) is 10.8. The lowest BCUT2D eigenvalue weighted by Crippen LogP contribution is -2.01. The first kappa shape index (κ1) is 9.21. The molecule has 0 saturated carbocycles. The number of carbonyl (C=O) groups excluding carboxylic acids is 1. The number of hydrogen-bond donors (Lipinski definition) is 0. The zero-order valence-corrected chi connectivity index (χ0v) is 8.67. The Kier molecular flexibility index (Phi) is 2.04. The molecule has 0 amide bonds. The molecule has 0 aromatic carbocycles. The van der Waals surface area contributed by atoms with Crippen molar-refractivity contribution >= 4 is 28.3 Å². The van der Waals surface area contributed by atoms with Crippen molar-refractivity contribution in [1.82, 2.24) is 9.55 Å². The van der Waals surface area contributed by atoms with Crippen molar-refractivity contribution in [3.63, 3.8) is 0 Å².